The Morgan fingerprint density at radius 3 is 1.70 bits per heavy atom. The SMILES string of the molecule is O=CCC1CC(CC=O)C1. The number of hydrogen-bond acceptors (Lipinski definition) is 2. The molecule has 1 aliphatic rings. The van der Waals surface area contributed by atoms with E-state index in [0.717, 1.165) is 25.4 Å². The lowest BCUT2D eigenvalue weighted by molar-refractivity contribution is -0.110. The molecule has 0 atom stereocenters. The Balaban J connectivity index is 2.05. The van der Waals surface area contributed by atoms with Crippen LogP contribution in [0, 0.1) is 11.8 Å². The fourth-order valence-electron chi connectivity index (χ4n) is 1.53. The van der Waals surface area contributed by atoms with Crippen LogP contribution in [-0.4, -0.2) is 12.6 Å². The molecule has 0 heterocycles. The minimum atomic E-state index is 0.586. The molecule has 0 spiro atoms. The average molecular weight is 140 g/mol. The zero-order chi connectivity index (χ0) is 7.40. The van der Waals surface area contributed by atoms with Crippen molar-refractivity contribution in [1.82, 2.24) is 0 Å². The molecule has 0 radical (unpaired) electrons. The molecule has 56 valence electrons. The molecule has 0 amide bonds. The van der Waals surface area contributed by atoms with Crippen LogP contribution in [0.4, 0.5) is 0 Å². The lowest BCUT2D eigenvalue weighted by Crippen LogP contribution is -2.24. The van der Waals surface area contributed by atoms with E-state index in [0.29, 0.717) is 24.7 Å². The monoisotopic (exact) mass is 140 g/mol. The van der Waals surface area contributed by atoms with Crippen LogP contribution in [0.5, 0.6) is 0 Å². The van der Waals surface area contributed by atoms with Crippen molar-refractivity contribution in [3.8, 4) is 0 Å². The van der Waals surface area contributed by atoms with Crippen LogP contribution in [0.15, 0.2) is 0 Å². The molecule has 0 bridgehead atoms. The summed E-state index contributed by atoms with van der Waals surface area (Å²) in [5, 5.41) is 0. The third-order valence-electron chi connectivity index (χ3n) is 2.19. The van der Waals surface area contributed by atoms with Crippen molar-refractivity contribution < 1.29 is 9.59 Å². The molecule has 0 N–H and O–H groups in total. The highest BCUT2D eigenvalue weighted by atomic mass is 16.1. The van der Waals surface area contributed by atoms with Gasteiger partial charge < -0.3 is 9.59 Å². The summed E-state index contributed by atoms with van der Waals surface area (Å²) >= 11 is 0. The van der Waals surface area contributed by atoms with Gasteiger partial charge in [-0.2, -0.15) is 0 Å². The van der Waals surface area contributed by atoms with Crippen molar-refractivity contribution in [2.45, 2.75) is 25.7 Å². The molecule has 1 aliphatic carbocycles. The van der Waals surface area contributed by atoms with Gasteiger partial charge in [0, 0.05) is 12.8 Å². The molecule has 1 fully saturated rings. The third kappa shape index (κ3) is 1.66. The molecule has 0 aromatic rings. The van der Waals surface area contributed by atoms with Crippen molar-refractivity contribution in [2.75, 3.05) is 0 Å². The van der Waals surface area contributed by atoms with Crippen LogP contribution in [0.25, 0.3) is 0 Å². The van der Waals surface area contributed by atoms with Crippen LogP contribution in [0.2, 0.25) is 0 Å². The Labute approximate surface area is 60.6 Å². The van der Waals surface area contributed by atoms with E-state index in [9.17, 15) is 9.59 Å². The number of rotatable bonds is 4. The fraction of sp³-hybridized carbons (Fsp3) is 0.750. The van der Waals surface area contributed by atoms with Gasteiger partial charge in [0.2, 0.25) is 0 Å². The maximum absolute atomic E-state index is 10.0. The van der Waals surface area contributed by atoms with Crippen molar-refractivity contribution >= 4 is 12.6 Å². The second-order valence-electron chi connectivity index (χ2n) is 3.01. The second-order valence-corrected chi connectivity index (χ2v) is 3.01. The van der Waals surface area contributed by atoms with Crippen molar-refractivity contribution in [3.05, 3.63) is 0 Å². The lowest BCUT2D eigenvalue weighted by Gasteiger charge is -2.32. The maximum Gasteiger partial charge on any atom is 0.120 e. The van der Waals surface area contributed by atoms with Gasteiger partial charge in [0.25, 0.3) is 0 Å². The molecule has 0 aromatic heterocycles. The van der Waals surface area contributed by atoms with Gasteiger partial charge in [-0.1, -0.05) is 0 Å². The molecule has 2 heteroatoms. The van der Waals surface area contributed by atoms with E-state index in [4.69, 9.17) is 0 Å². The molecule has 0 aliphatic heterocycles. The van der Waals surface area contributed by atoms with Crippen LogP contribution < -0.4 is 0 Å². The summed E-state index contributed by atoms with van der Waals surface area (Å²) in [6.07, 6.45) is 5.49. The van der Waals surface area contributed by atoms with Gasteiger partial charge in [-0.05, 0) is 24.7 Å². The van der Waals surface area contributed by atoms with Crippen LogP contribution in [0.3, 0.4) is 0 Å². The molecule has 1 saturated carbocycles. The first-order valence-electron chi connectivity index (χ1n) is 3.74. The highest BCUT2D eigenvalue weighted by molar-refractivity contribution is 5.51. The van der Waals surface area contributed by atoms with Crippen LogP contribution >= 0.6 is 0 Å². The Kier molecular flexibility index (Phi) is 2.60. The summed E-state index contributed by atoms with van der Waals surface area (Å²) in [7, 11) is 0. The first-order chi connectivity index (χ1) is 4.86. The van der Waals surface area contributed by atoms with E-state index in [-0.39, 0.29) is 0 Å². The van der Waals surface area contributed by atoms with E-state index in [1.54, 1.807) is 0 Å². The summed E-state index contributed by atoms with van der Waals surface area (Å²) in [6.45, 7) is 0. The Morgan fingerprint density at radius 2 is 1.40 bits per heavy atom. The molecular formula is C8H12O2. The second kappa shape index (κ2) is 3.49. The number of hydrogen-bond donors (Lipinski definition) is 0. The minimum Gasteiger partial charge on any atom is -0.303 e. The van der Waals surface area contributed by atoms with Gasteiger partial charge in [-0.3, -0.25) is 0 Å². The van der Waals surface area contributed by atoms with Gasteiger partial charge in [-0.15, -0.1) is 0 Å². The van der Waals surface area contributed by atoms with Crippen LogP contribution in [-0.2, 0) is 9.59 Å². The summed E-state index contributed by atoms with van der Waals surface area (Å²) in [6, 6.07) is 0. The predicted molar refractivity (Wildman–Crippen MR) is 37.6 cm³/mol. The first-order valence-corrected chi connectivity index (χ1v) is 3.74. The van der Waals surface area contributed by atoms with E-state index in [1.807, 2.05) is 0 Å². The Hall–Kier alpha value is -0.660. The van der Waals surface area contributed by atoms with Gasteiger partial charge in [0.1, 0.15) is 12.6 Å². The van der Waals surface area contributed by atoms with Crippen molar-refractivity contribution in [3.63, 3.8) is 0 Å². The van der Waals surface area contributed by atoms with Crippen molar-refractivity contribution in [1.29, 1.82) is 0 Å². The van der Waals surface area contributed by atoms with Gasteiger partial charge in [-0.25, -0.2) is 0 Å². The Bertz CT molecular complexity index is 111. The van der Waals surface area contributed by atoms with E-state index in [2.05, 4.69) is 0 Å². The maximum atomic E-state index is 10.0. The predicted octanol–water partition coefficient (Wildman–Crippen LogP) is 1.19. The summed E-state index contributed by atoms with van der Waals surface area (Å²) < 4.78 is 0. The molecule has 0 saturated heterocycles. The zero-order valence-corrected chi connectivity index (χ0v) is 5.95. The van der Waals surface area contributed by atoms with E-state index >= 15 is 0 Å². The zero-order valence-electron chi connectivity index (χ0n) is 5.95. The summed E-state index contributed by atoms with van der Waals surface area (Å²) in [5.74, 6) is 1.17. The summed E-state index contributed by atoms with van der Waals surface area (Å²) in [4.78, 5) is 20.0. The minimum absolute atomic E-state index is 0.586. The molecular weight excluding hydrogens is 128 g/mol. The quantitative estimate of drug-likeness (QED) is 0.550. The molecule has 10 heavy (non-hydrogen) atoms. The van der Waals surface area contributed by atoms with Gasteiger partial charge in [0.05, 0.1) is 0 Å². The smallest absolute Gasteiger partial charge is 0.120 e. The Morgan fingerprint density at radius 1 is 1.00 bits per heavy atom. The lowest BCUT2D eigenvalue weighted by atomic mass is 9.72. The number of carbonyl (C=O) groups is 2. The molecule has 1 rings (SSSR count). The number of aldehydes is 2. The third-order valence-corrected chi connectivity index (χ3v) is 2.19. The van der Waals surface area contributed by atoms with E-state index < -0.39 is 0 Å². The van der Waals surface area contributed by atoms with Crippen molar-refractivity contribution in [2.24, 2.45) is 11.8 Å². The largest absolute Gasteiger partial charge is 0.303 e. The number of carbonyl (C=O) groups excluding carboxylic acids is 2. The van der Waals surface area contributed by atoms with Gasteiger partial charge >= 0.3 is 0 Å². The fourth-order valence-corrected chi connectivity index (χ4v) is 1.53. The summed E-state index contributed by atoms with van der Waals surface area (Å²) in [5.41, 5.74) is 0. The van der Waals surface area contributed by atoms with Gasteiger partial charge in [0.15, 0.2) is 0 Å². The highest BCUT2D eigenvalue weighted by Gasteiger charge is 2.27. The average Bonchev–Trinajstić information content (AvgIpc) is 1.84. The van der Waals surface area contributed by atoms with E-state index in [1.165, 1.54) is 0 Å². The molecule has 0 aromatic carbocycles. The normalized spacial score (nSPS) is 30.8. The first kappa shape index (κ1) is 7.45. The topological polar surface area (TPSA) is 34.1 Å². The standard InChI is InChI=1S/C8H12O2/c9-3-1-7-5-8(6-7)2-4-10/h3-4,7-8H,1-2,5-6H2. The molecule has 2 nitrogen and oxygen atoms in total. The van der Waals surface area contributed by atoms with Crippen LogP contribution in [0.1, 0.15) is 25.7 Å². The molecule has 0 unspecified atom stereocenters. The highest BCUT2D eigenvalue weighted by Crippen LogP contribution is 2.36.